The Morgan fingerprint density at radius 1 is 1.55 bits per heavy atom. The standard InChI is InChI=1S/C10H18O/c1-8(2)5-6-10(7-11)9(3)4/h7,9-10H,1,5-6H2,2-4H3. The Bertz CT molecular complexity index is 136. The largest absolute Gasteiger partial charge is 0.303 e. The first-order valence-electron chi connectivity index (χ1n) is 4.17. The third-order valence-electron chi connectivity index (χ3n) is 1.94. The predicted octanol–water partition coefficient (Wildman–Crippen LogP) is 2.81. The fraction of sp³-hybridized carbons (Fsp3) is 0.700. The molecule has 0 heterocycles. The molecule has 0 amide bonds. The van der Waals surface area contributed by atoms with Crippen molar-refractivity contribution in [3.05, 3.63) is 12.2 Å². The van der Waals surface area contributed by atoms with E-state index in [4.69, 9.17) is 0 Å². The first kappa shape index (κ1) is 10.4. The minimum atomic E-state index is 0.215. The van der Waals surface area contributed by atoms with Crippen LogP contribution in [0.15, 0.2) is 12.2 Å². The fourth-order valence-corrected chi connectivity index (χ4v) is 0.972. The lowest BCUT2D eigenvalue weighted by molar-refractivity contribution is -0.112. The van der Waals surface area contributed by atoms with Crippen LogP contribution in [-0.4, -0.2) is 6.29 Å². The number of hydrogen-bond donors (Lipinski definition) is 0. The summed E-state index contributed by atoms with van der Waals surface area (Å²) < 4.78 is 0. The highest BCUT2D eigenvalue weighted by Crippen LogP contribution is 2.16. The van der Waals surface area contributed by atoms with E-state index >= 15 is 0 Å². The number of carbonyl (C=O) groups excluding carboxylic acids is 1. The molecule has 0 aromatic heterocycles. The van der Waals surface area contributed by atoms with Gasteiger partial charge in [-0.1, -0.05) is 19.4 Å². The first-order valence-corrected chi connectivity index (χ1v) is 4.17. The van der Waals surface area contributed by atoms with Crippen molar-refractivity contribution in [3.8, 4) is 0 Å². The highest BCUT2D eigenvalue weighted by Gasteiger charge is 2.10. The van der Waals surface area contributed by atoms with E-state index in [1.54, 1.807) is 0 Å². The van der Waals surface area contributed by atoms with Crippen LogP contribution in [-0.2, 0) is 4.79 Å². The van der Waals surface area contributed by atoms with Crippen LogP contribution >= 0.6 is 0 Å². The summed E-state index contributed by atoms with van der Waals surface area (Å²) in [7, 11) is 0. The molecule has 0 saturated carbocycles. The number of rotatable bonds is 5. The molecule has 0 aliphatic heterocycles. The molecule has 0 aliphatic rings. The molecule has 0 aromatic rings. The molecule has 64 valence electrons. The van der Waals surface area contributed by atoms with Crippen LogP contribution in [0.3, 0.4) is 0 Å². The maximum Gasteiger partial charge on any atom is 0.123 e. The van der Waals surface area contributed by atoms with Crippen LogP contribution in [0.5, 0.6) is 0 Å². The van der Waals surface area contributed by atoms with Crippen LogP contribution in [0, 0.1) is 11.8 Å². The lowest BCUT2D eigenvalue weighted by Crippen LogP contribution is -2.09. The van der Waals surface area contributed by atoms with Gasteiger partial charge in [0.05, 0.1) is 0 Å². The lowest BCUT2D eigenvalue weighted by Gasteiger charge is -2.13. The van der Waals surface area contributed by atoms with Gasteiger partial charge in [-0.05, 0) is 25.7 Å². The SMILES string of the molecule is C=C(C)CCC(C=O)C(C)C. The normalized spacial score (nSPS) is 13.1. The molecule has 1 atom stereocenters. The van der Waals surface area contributed by atoms with Gasteiger partial charge in [-0.25, -0.2) is 0 Å². The van der Waals surface area contributed by atoms with Crippen LogP contribution < -0.4 is 0 Å². The van der Waals surface area contributed by atoms with Crippen molar-refractivity contribution in [2.24, 2.45) is 11.8 Å². The van der Waals surface area contributed by atoms with Crippen molar-refractivity contribution < 1.29 is 4.79 Å². The molecule has 0 rings (SSSR count). The summed E-state index contributed by atoms with van der Waals surface area (Å²) in [6.07, 6.45) is 2.99. The number of carbonyl (C=O) groups is 1. The summed E-state index contributed by atoms with van der Waals surface area (Å²) in [6.45, 7) is 9.97. The zero-order valence-electron chi connectivity index (χ0n) is 7.76. The van der Waals surface area contributed by atoms with Gasteiger partial charge in [0, 0.05) is 5.92 Å². The third-order valence-corrected chi connectivity index (χ3v) is 1.94. The molecule has 1 unspecified atom stereocenters. The van der Waals surface area contributed by atoms with Gasteiger partial charge >= 0.3 is 0 Å². The van der Waals surface area contributed by atoms with Gasteiger partial charge in [0.15, 0.2) is 0 Å². The highest BCUT2D eigenvalue weighted by atomic mass is 16.1. The van der Waals surface area contributed by atoms with Gasteiger partial charge in [0.1, 0.15) is 6.29 Å². The molecular weight excluding hydrogens is 136 g/mol. The zero-order valence-corrected chi connectivity index (χ0v) is 7.76. The van der Waals surface area contributed by atoms with Crippen molar-refractivity contribution in [2.45, 2.75) is 33.6 Å². The Hall–Kier alpha value is -0.590. The summed E-state index contributed by atoms with van der Waals surface area (Å²) in [4.78, 5) is 10.5. The summed E-state index contributed by atoms with van der Waals surface area (Å²) in [6, 6.07) is 0. The predicted molar refractivity (Wildman–Crippen MR) is 48.4 cm³/mol. The molecule has 11 heavy (non-hydrogen) atoms. The van der Waals surface area contributed by atoms with Gasteiger partial charge in [-0.2, -0.15) is 0 Å². The average molecular weight is 154 g/mol. The Balaban J connectivity index is 3.69. The minimum Gasteiger partial charge on any atom is -0.303 e. The van der Waals surface area contributed by atoms with E-state index < -0.39 is 0 Å². The Morgan fingerprint density at radius 2 is 2.09 bits per heavy atom. The lowest BCUT2D eigenvalue weighted by atomic mass is 9.91. The Morgan fingerprint density at radius 3 is 2.36 bits per heavy atom. The molecule has 0 N–H and O–H groups in total. The van der Waals surface area contributed by atoms with E-state index in [1.807, 2.05) is 6.92 Å². The van der Waals surface area contributed by atoms with Crippen LogP contribution in [0.1, 0.15) is 33.6 Å². The summed E-state index contributed by atoms with van der Waals surface area (Å²) in [5, 5.41) is 0. The van der Waals surface area contributed by atoms with Crippen molar-refractivity contribution in [3.63, 3.8) is 0 Å². The number of aldehydes is 1. The van der Waals surface area contributed by atoms with E-state index in [2.05, 4.69) is 20.4 Å². The molecule has 0 spiro atoms. The average Bonchev–Trinajstić information content (AvgIpc) is 1.87. The highest BCUT2D eigenvalue weighted by molar-refractivity contribution is 5.53. The van der Waals surface area contributed by atoms with Crippen LogP contribution in [0.2, 0.25) is 0 Å². The van der Waals surface area contributed by atoms with Gasteiger partial charge < -0.3 is 4.79 Å². The maximum atomic E-state index is 10.5. The monoisotopic (exact) mass is 154 g/mol. The molecule has 0 aromatic carbocycles. The molecule has 0 radical (unpaired) electrons. The Kier molecular flexibility index (Phi) is 4.84. The first-order chi connectivity index (χ1) is 5.07. The van der Waals surface area contributed by atoms with Gasteiger partial charge in [0.25, 0.3) is 0 Å². The molecule has 0 bridgehead atoms. The third kappa shape index (κ3) is 4.77. The van der Waals surface area contributed by atoms with E-state index in [0.717, 1.165) is 24.7 Å². The maximum absolute atomic E-state index is 10.5. The smallest absolute Gasteiger partial charge is 0.123 e. The number of hydrogen-bond acceptors (Lipinski definition) is 1. The topological polar surface area (TPSA) is 17.1 Å². The van der Waals surface area contributed by atoms with Gasteiger partial charge in [-0.15, -0.1) is 6.58 Å². The molecule has 1 nitrogen and oxygen atoms in total. The summed E-state index contributed by atoms with van der Waals surface area (Å²) >= 11 is 0. The second kappa shape index (κ2) is 5.11. The van der Waals surface area contributed by atoms with Crippen molar-refractivity contribution in [1.82, 2.24) is 0 Å². The van der Waals surface area contributed by atoms with E-state index in [0.29, 0.717) is 5.92 Å². The van der Waals surface area contributed by atoms with E-state index in [-0.39, 0.29) is 5.92 Å². The zero-order chi connectivity index (χ0) is 8.85. The van der Waals surface area contributed by atoms with E-state index in [1.165, 1.54) is 0 Å². The van der Waals surface area contributed by atoms with Gasteiger partial charge in [-0.3, -0.25) is 0 Å². The van der Waals surface area contributed by atoms with E-state index in [9.17, 15) is 4.79 Å². The molecular formula is C10H18O. The summed E-state index contributed by atoms with van der Waals surface area (Å²) in [5.74, 6) is 0.679. The molecule has 0 saturated heterocycles. The molecule has 0 aliphatic carbocycles. The minimum absolute atomic E-state index is 0.215. The van der Waals surface area contributed by atoms with Crippen LogP contribution in [0.25, 0.3) is 0 Å². The Labute approximate surface area is 69.5 Å². The van der Waals surface area contributed by atoms with Gasteiger partial charge in [0.2, 0.25) is 0 Å². The fourth-order valence-electron chi connectivity index (χ4n) is 0.972. The second-order valence-corrected chi connectivity index (χ2v) is 3.54. The summed E-state index contributed by atoms with van der Waals surface area (Å²) in [5.41, 5.74) is 1.16. The van der Waals surface area contributed by atoms with Crippen molar-refractivity contribution in [1.29, 1.82) is 0 Å². The quantitative estimate of drug-likeness (QED) is 0.439. The number of allylic oxidation sites excluding steroid dienone is 1. The second-order valence-electron chi connectivity index (χ2n) is 3.54. The van der Waals surface area contributed by atoms with Crippen molar-refractivity contribution >= 4 is 6.29 Å². The van der Waals surface area contributed by atoms with Crippen LogP contribution in [0.4, 0.5) is 0 Å². The molecule has 0 fully saturated rings. The molecule has 1 heteroatoms. The van der Waals surface area contributed by atoms with Crippen molar-refractivity contribution in [2.75, 3.05) is 0 Å².